The molecule has 0 aliphatic carbocycles. The second-order valence-corrected chi connectivity index (χ2v) is 6.54. The molecule has 0 spiro atoms. The number of hydrogen-bond acceptors (Lipinski definition) is 4. The van der Waals surface area contributed by atoms with Crippen molar-refractivity contribution in [1.82, 2.24) is 15.1 Å². The third-order valence-corrected chi connectivity index (χ3v) is 3.69. The predicted molar refractivity (Wildman–Crippen MR) is 83.7 cm³/mol. The normalized spacial score (nSPS) is 18.2. The number of nitrogens with one attached hydrogen (secondary N) is 1. The van der Waals surface area contributed by atoms with Crippen LogP contribution in [0.5, 0.6) is 0 Å². The molecule has 0 unspecified atom stereocenters. The minimum atomic E-state index is -0.486. The lowest BCUT2D eigenvalue weighted by molar-refractivity contribution is -0.136. The summed E-state index contributed by atoms with van der Waals surface area (Å²) in [6.07, 6.45) is 1.66. The number of carbonyl (C=O) groups excluding carboxylic acids is 2. The van der Waals surface area contributed by atoms with Crippen molar-refractivity contribution >= 4 is 11.8 Å². The topological polar surface area (TPSA) is 78.7 Å². The molecule has 0 saturated carbocycles. The van der Waals surface area contributed by atoms with Crippen molar-refractivity contribution in [1.29, 1.82) is 0 Å². The van der Waals surface area contributed by atoms with Gasteiger partial charge in [0.15, 0.2) is 0 Å². The molecule has 1 rings (SSSR count). The summed E-state index contributed by atoms with van der Waals surface area (Å²) in [5.74, 6) is -0.0145. The van der Waals surface area contributed by atoms with Gasteiger partial charge in [-0.15, -0.1) is 6.58 Å². The molecule has 1 aliphatic heterocycles. The quantitative estimate of drug-likeness (QED) is 0.689. The van der Waals surface area contributed by atoms with Crippen LogP contribution in [-0.2, 0) is 9.59 Å². The molecule has 1 saturated heterocycles. The van der Waals surface area contributed by atoms with Gasteiger partial charge in [-0.2, -0.15) is 0 Å². The summed E-state index contributed by atoms with van der Waals surface area (Å²) in [4.78, 5) is 27.8. The van der Waals surface area contributed by atoms with Crippen LogP contribution in [-0.4, -0.2) is 66.9 Å². The highest BCUT2D eigenvalue weighted by atomic mass is 16.2. The number of rotatable bonds is 5. The molecule has 1 fully saturated rings. The third kappa shape index (κ3) is 5.47. The van der Waals surface area contributed by atoms with E-state index in [1.54, 1.807) is 11.0 Å². The van der Waals surface area contributed by atoms with Crippen LogP contribution >= 0.6 is 0 Å². The van der Waals surface area contributed by atoms with Gasteiger partial charge in [0.1, 0.15) is 0 Å². The van der Waals surface area contributed by atoms with E-state index in [4.69, 9.17) is 5.73 Å². The molecule has 0 bridgehead atoms. The highest BCUT2D eigenvalue weighted by molar-refractivity contribution is 5.82. The Bertz CT molecular complexity index is 382. The summed E-state index contributed by atoms with van der Waals surface area (Å²) in [5.41, 5.74) is 5.78. The maximum Gasteiger partial charge on any atom is 0.240 e. The molecule has 1 heterocycles. The molecule has 120 valence electrons. The van der Waals surface area contributed by atoms with Gasteiger partial charge in [0.25, 0.3) is 0 Å². The minimum Gasteiger partial charge on any atom is -0.352 e. The van der Waals surface area contributed by atoms with Gasteiger partial charge in [-0.1, -0.05) is 26.8 Å². The summed E-state index contributed by atoms with van der Waals surface area (Å²) in [7, 11) is 0. The fraction of sp³-hybridized carbons (Fsp3) is 0.733. The van der Waals surface area contributed by atoms with Gasteiger partial charge in [-0.05, 0) is 5.41 Å². The van der Waals surface area contributed by atoms with Crippen LogP contribution in [0.15, 0.2) is 12.7 Å². The molecular weight excluding hydrogens is 268 g/mol. The van der Waals surface area contributed by atoms with Crippen molar-refractivity contribution in [3.63, 3.8) is 0 Å². The van der Waals surface area contributed by atoms with E-state index in [1.165, 1.54) is 0 Å². The average Bonchev–Trinajstić information content (AvgIpc) is 2.43. The Morgan fingerprint density at radius 2 is 1.86 bits per heavy atom. The molecule has 0 aromatic heterocycles. The van der Waals surface area contributed by atoms with Gasteiger partial charge in [-0.3, -0.25) is 14.5 Å². The van der Waals surface area contributed by atoms with Crippen molar-refractivity contribution in [2.45, 2.75) is 26.8 Å². The molecule has 3 N–H and O–H groups in total. The van der Waals surface area contributed by atoms with Gasteiger partial charge in [0.05, 0.1) is 12.6 Å². The van der Waals surface area contributed by atoms with Crippen LogP contribution < -0.4 is 11.1 Å². The Morgan fingerprint density at radius 1 is 1.29 bits per heavy atom. The predicted octanol–water partition coefficient (Wildman–Crippen LogP) is -0.194. The van der Waals surface area contributed by atoms with Gasteiger partial charge in [0.2, 0.25) is 11.8 Å². The number of nitrogens with zero attached hydrogens (tertiary/aromatic N) is 2. The first-order valence-corrected chi connectivity index (χ1v) is 7.40. The van der Waals surface area contributed by atoms with Crippen molar-refractivity contribution in [2.24, 2.45) is 11.1 Å². The molecule has 6 nitrogen and oxygen atoms in total. The maximum absolute atomic E-state index is 12.3. The minimum absolute atomic E-state index is 0.00161. The van der Waals surface area contributed by atoms with Crippen LogP contribution in [0.2, 0.25) is 0 Å². The highest BCUT2D eigenvalue weighted by Crippen LogP contribution is 2.19. The zero-order valence-electron chi connectivity index (χ0n) is 13.4. The SMILES string of the molecule is C=CCNC(=O)CN1CCN(C(=O)[C@H](N)C(C)(C)C)CC1. The molecule has 2 amide bonds. The first-order chi connectivity index (χ1) is 9.75. The van der Waals surface area contributed by atoms with E-state index in [0.717, 1.165) is 0 Å². The van der Waals surface area contributed by atoms with Gasteiger partial charge in [0, 0.05) is 32.7 Å². The van der Waals surface area contributed by atoms with Gasteiger partial charge >= 0.3 is 0 Å². The number of hydrogen-bond donors (Lipinski definition) is 2. The summed E-state index contributed by atoms with van der Waals surface area (Å²) in [5, 5.41) is 2.75. The van der Waals surface area contributed by atoms with Crippen LogP contribution in [0.3, 0.4) is 0 Å². The zero-order valence-corrected chi connectivity index (χ0v) is 13.4. The largest absolute Gasteiger partial charge is 0.352 e. The van der Waals surface area contributed by atoms with Crippen LogP contribution in [0.25, 0.3) is 0 Å². The van der Waals surface area contributed by atoms with E-state index in [9.17, 15) is 9.59 Å². The van der Waals surface area contributed by atoms with E-state index in [2.05, 4.69) is 11.9 Å². The second-order valence-electron chi connectivity index (χ2n) is 6.54. The first-order valence-electron chi connectivity index (χ1n) is 7.40. The zero-order chi connectivity index (χ0) is 16.0. The van der Waals surface area contributed by atoms with E-state index >= 15 is 0 Å². The lowest BCUT2D eigenvalue weighted by atomic mass is 9.86. The van der Waals surface area contributed by atoms with Gasteiger partial charge < -0.3 is 16.0 Å². The van der Waals surface area contributed by atoms with E-state index in [-0.39, 0.29) is 17.2 Å². The number of amides is 2. The molecule has 0 radical (unpaired) electrons. The summed E-state index contributed by atoms with van der Waals surface area (Å²) in [6.45, 7) is 13.0. The van der Waals surface area contributed by atoms with Crippen molar-refractivity contribution in [3.05, 3.63) is 12.7 Å². The molecule has 1 atom stereocenters. The smallest absolute Gasteiger partial charge is 0.240 e. The van der Waals surface area contributed by atoms with E-state index in [1.807, 2.05) is 25.7 Å². The number of nitrogens with two attached hydrogens (primary N) is 1. The van der Waals surface area contributed by atoms with Crippen molar-refractivity contribution in [3.8, 4) is 0 Å². The monoisotopic (exact) mass is 296 g/mol. The lowest BCUT2D eigenvalue weighted by Crippen LogP contribution is -2.57. The Balaban J connectivity index is 2.40. The second kappa shape index (κ2) is 7.56. The van der Waals surface area contributed by atoms with Crippen molar-refractivity contribution in [2.75, 3.05) is 39.3 Å². The fourth-order valence-electron chi connectivity index (χ4n) is 2.14. The molecule has 1 aliphatic rings. The Hall–Kier alpha value is -1.40. The Morgan fingerprint density at radius 3 is 2.33 bits per heavy atom. The lowest BCUT2D eigenvalue weighted by Gasteiger charge is -2.37. The molecule has 21 heavy (non-hydrogen) atoms. The Labute approximate surface area is 127 Å². The third-order valence-electron chi connectivity index (χ3n) is 3.69. The molecular formula is C15H28N4O2. The summed E-state index contributed by atoms with van der Waals surface area (Å²) < 4.78 is 0. The number of carbonyl (C=O) groups is 2. The molecule has 0 aromatic carbocycles. The van der Waals surface area contributed by atoms with E-state index < -0.39 is 6.04 Å². The Kier molecular flexibility index (Phi) is 6.36. The fourth-order valence-corrected chi connectivity index (χ4v) is 2.14. The summed E-state index contributed by atoms with van der Waals surface area (Å²) in [6, 6.07) is -0.486. The summed E-state index contributed by atoms with van der Waals surface area (Å²) >= 11 is 0. The molecule has 0 aromatic rings. The van der Waals surface area contributed by atoms with Crippen LogP contribution in [0.1, 0.15) is 20.8 Å². The van der Waals surface area contributed by atoms with Crippen molar-refractivity contribution < 1.29 is 9.59 Å². The van der Waals surface area contributed by atoms with Gasteiger partial charge in [-0.25, -0.2) is 0 Å². The highest BCUT2D eigenvalue weighted by Gasteiger charge is 2.32. The molecule has 6 heteroatoms. The van der Waals surface area contributed by atoms with E-state index in [0.29, 0.717) is 39.3 Å². The maximum atomic E-state index is 12.3. The first kappa shape index (κ1) is 17.7. The standard InChI is InChI=1S/C15H28N4O2/c1-5-6-17-12(20)11-18-7-9-19(10-8-18)14(21)13(16)15(2,3)4/h5,13H,1,6-11,16H2,2-4H3,(H,17,20)/t13-/m0/s1. The average molecular weight is 296 g/mol. The van der Waals surface area contributed by atoms with Crippen LogP contribution in [0, 0.1) is 5.41 Å². The van der Waals surface area contributed by atoms with Crippen LogP contribution in [0.4, 0.5) is 0 Å². The number of piperazine rings is 1.